The Bertz CT molecular complexity index is 687. The second-order valence-electron chi connectivity index (χ2n) is 6.68. The van der Waals surface area contributed by atoms with Crippen LogP contribution < -0.4 is 4.90 Å². The van der Waals surface area contributed by atoms with Gasteiger partial charge in [-0.05, 0) is 64.8 Å². The van der Waals surface area contributed by atoms with Gasteiger partial charge in [-0.1, -0.05) is 24.3 Å². The summed E-state index contributed by atoms with van der Waals surface area (Å²) in [6.45, 7) is 0. The minimum atomic E-state index is -0.106. The van der Waals surface area contributed by atoms with Gasteiger partial charge >= 0.3 is 0 Å². The smallest absolute Gasteiger partial charge is 0.238 e. The summed E-state index contributed by atoms with van der Waals surface area (Å²) in [7, 11) is 0. The van der Waals surface area contributed by atoms with Crippen molar-refractivity contribution < 1.29 is 9.59 Å². The predicted octanol–water partition coefficient (Wildman–Crippen LogP) is 2.99. The molecule has 3 aliphatic carbocycles. The number of nitrogens with zero attached hydrogens (tertiary/aromatic N) is 1. The molecule has 1 aliphatic heterocycles. The van der Waals surface area contributed by atoms with E-state index in [0.717, 1.165) is 9.26 Å². The molecule has 2 saturated carbocycles. The van der Waals surface area contributed by atoms with E-state index in [1.54, 1.807) is 0 Å². The first-order valence-corrected chi connectivity index (χ1v) is 8.54. The van der Waals surface area contributed by atoms with E-state index < -0.39 is 0 Å². The number of hydrogen-bond donors (Lipinski definition) is 0. The first-order chi connectivity index (χ1) is 10.1. The SMILES string of the molecule is O=C1[C@@H]2[C@H](C(=O)N1c1ccccc1I)[C@@H]1C=C[C@@H]2C12CC2. The van der Waals surface area contributed by atoms with Gasteiger partial charge in [0.25, 0.3) is 0 Å². The van der Waals surface area contributed by atoms with Crippen LogP contribution in [0.4, 0.5) is 5.69 Å². The normalized spacial score (nSPS) is 37.7. The molecular formula is C17H14INO2. The van der Waals surface area contributed by atoms with Crippen molar-refractivity contribution in [1.82, 2.24) is 0 Å². The zero-order chi connectivity index (χ0) is 14.4. The number of amides is 2. The number of anilines is 1. The molecule has 3 nitrogen and oxygen atoms in total. The van der Waals surface area contributed by atoms with Crippen LogP contribution in [-0.2, 0) is 9.59 Å². The molecule has 1 aromatic carbocycles. The summed E-state index contributed by atoms with van der Waals surface area (Å²) in [5.74, 6) is 0.442. The maximum atomic E-state index is 12.9. The summed E-state index contributed by atoms with van der Waals surface area (Å²) in [5, 5.41) is 0. The first kappa shape index (κ1) is 12.4. The fraction of sp³-hybridized carbons (Fsp3) is 0.412. The third kappa shape index (κ3) is 1.31. The molecule has 2 bridgehead atoms. The summed E-state index contributed by atoms with van der Waals surface area (Å²) >= 11 is 2.20. The van der Waals surface area contributed by atoms with Gasteiger partial charge in [0.05, 0.1) is 17.5 Å². The highest BCUT2D eigenvalue weighted by Crippen LogP contribution is 2.73. The Morgan fingerprint density at radius 1 is 1.00 bits per heavy atom. The van der Waals surface area contributed by atoms with Crippen molar-refractivity contribution in [1.29, 1.82) is 0 Å². The molecule has 1 spiro atoms. The molecule has 0 unspecified atom stereocenters. The van der Waals surface area contributed by atoms with Crippen molar-refractivity contribution in [2.45, 2.75) is 12.8 Å². The third-order valence-electron chi connectivity index (χ3n) is 5.95. The van der Waals surface area contributed by atoms with Crippen molar-refractivity contribution in [2.75, 3.05) is 4.90 Å². The minimum Gasteiger partial charge on any atom is -0.274 e. The maximum absolute atomic E-state index is 12.9. The van der Waals surface area contributed by atoms with E-state index in [1.165, 1.54) is 17.7 Å². The Labute approximate surface area is 136 Å². The van der Waals surface area contributed by atoms with E-state index in [-0.39, 0.29) is 29.1 Å². The highest BCUT2D eigenvalue weighted by Gasteiger charge is 2.73. The largest absolute Gasteiger partial charge is 0.274 e. The Kier molecular flexibility index (Phi) is 2.22. The average Bonchev–Trinajstić information content (AvgIpc) is 3.07. The van der Waals surface area contributed by atoms with Crippen LogP contribution in [0.25, 0.3) is 0 Å². The Hall–Kier alpha value is -1.17. The molecule has 0 N–H and O–H groups in total. The first-order valence-electron chi connectivity index (χ1n) is 7.46. The lowest BCUT2D eigenvalue weighted by atomic mass is 9.85. The second kappa shape index (κ2) is 3.77. The second-order valence-corrected chi connectivity index (χ2v) is 7.85. The van der Waals surface area contributed by atoms with E-state index in [0.29, 0.717) is 11.8 Å². The maximum Gasteiger partial charge on any atom is 0.238 e. The quantitative estimate of drug-likeness (QED) is 0.420. The summed E-state index contributed by atoms with van der Waals surface area (Å²) in [4.78, 5) is 27.3. The van der Waals surface area contributed by atoms with Crippen molar-refractivity contribution in [3.05, 3.63) is 40.0 Å². The number of allylic oxidation sites excluding steroid dienone is 2. The van der Waals surface area contributed by atoms with Crippen LogP contribution in [0.3, 0.4) is 0 Å². The van der Waals surface area contributed by atoms with E-state index in [4.69, 9.17) is 0 Å². The third-order valence-corrected chi connectivity index (χ3v) is 6.86. The number of carbonyl (C=O) groups excluding carboxylic acids is 2. The number of imide groups is 1. The number of carbonyl (C=O) groups is 2. The van der Waals surface area contributed by atoms with Crippen LogP contribution in [0.15, 0.2) is 36.4 Å². The Balaban J connectivity index is 1.61. The molecule has 4 atom stereocenters. The van der Waals surface area contributed by atoms with Crippen molar-refractivity contribution in [2.24, 2.45) is 29.1 Å². The molecule has 0 aromatic heterocycles. The molecule has 4 aliphatic rings. The average molecular weight is 391 g/mol. The van der Waals surface area contributed by atoms with E-state index >= 15 is 0 Å². The van der Waals surface area contributed by atoms with Gasteiger partial charge in [0, 0.05) is 3.57 Å². The monoisotopic (exact) mass is 391 g/mol. The van der Waals surface area contributed by atoms with Crippen LogP contribution in [0.5, 0.6) is 0 Å². The van der Waals surface area contributed by atoms with Crippen LogP contribution in [0.1, 0.15) is 12.8 Å². The molecule has 5 rings (SSSR count). The molecule has 0 radical (unpaired) electrons. The summed E-state index contributed by atoms with van der Waals surface area (Å²) < 4.78 is 0.957. The highest BCUT2D eigenvalue weighted by atomic mass is 127. The lowest BCUT2D eigenvalue weighted by Gasteiger charge is -2.22. The number of hydrogen-bond acceptors (Lipinski definition) is 2. The number of rotatable bonds is 1. The molecule has 106 valence electrons. The van der Waals surface area contributed by atoms with Gasteiger partial charge < -0.3 is 0 Å². The van der Waals surface area contributed by atoms with Gasteiger partial charge in [-0.3, -0.25) is 9.59 Å². The fourth-order valence-electron chi connectivity index (χ4n) is 4.95. The summed E-state index contributed by atoms with van der Waals surface area (Å²) in [6, 6.07) is 7.64. The molecule has 1 heterocycles. The van der Waals surface area contributed by atoms with Gasteiger partial charge in [0.2, 0.25) is 11.8 Å². The van der Waals surface area contributed by atoms with E-state index in [1.807, 2.05) is 24.3 Å². The van der Waals surface area contributed by atoms with Crippen molar-refractivity contribution >= 4 is 40.1 Å². The zero-order valence-electron chi connectivity index (χ0n) is 11.3. The van der Waals surface area contributed by atoms with Crippen LogP contribution >= 0.6 is 22.6 Å². The molecule has 4 heteroatoms. The van der Waals surface area contributed by atoms with Gasteiger partial charge in [-0.2, -0.15) is 0 Å². The zero-order valence-corrected chi connectivity index (χ0v) is 13.5. The summed E-state index contributed by atoms with van der Waals surface area (Å²) in [5.41, 5.74) is 1.03. The van der Waals surface area contributed by atoms with Crippen molar-refractivity contribution in [3.8, 4) is 0 Å². The highest BCUT2D eigenvalue weighted by molar-refractivity contribution is 14.1. The van der Waals surface area contributed by atoms with E-state index in [2.05, 4.69) is 34.7 Å². The standard InChI is InChI=1S/C17H14INO2/c18-11-3-1-2-4-12(11)19-15(20)13-9-5-6-10(14(13)16(19)21)17(9)7-8-17/h1-6,9-10,13-14H,7-8H2/t9-,10-,13-,14+/m0/s1. The topological polar surface area (TPSA) is 37.4 Å². The molecule has 2 amide bonds. The molecule has 1 saturated heterocycles. The summed E-state index contributed by atoms with van der Waals surface area (Å²) in [6.07, 6.45) is 6.80. The molecular weight excluding hydrogens is 377 g/mol. The Morgan fingerprint density at radius 3 is 2.10 bits per heavy atom. The molecule has 1 aromatic rings. The minimum absolute atomic E-state index is 0.0252. The van der Waals surface area contributed by atoms with Gasteiger partial charge in [0.15, 0.2) is 0 Å². The van der Waals surface area contributed by atoms with Crippen LogP contribution in [0.2, 0.25) is 0 Å². The lowest BCUT2D eigenvalue weighted by Crippen LogP contribution is -2.35. The van der Waals surface area contributed by atoms with Crippen LogP contribution in [-0.4, -0.2) is 11.8 Å². The van der Waals surface area contributed by atoms with Gasteiger partial charge in [-0.25, -0.2) is 4.90 Å². The lowest BCUT2D eigenvalue weighted by molar-refractivity contribution is -0.123. The number of benzene rings is 1. The van der Waals surface area contributed by atoms with Crippen LogP contribution in [0, 0.1) is 32.7 Å². The van der Waals surface area contributed by atoms with Gasteiger partial charge in [0.1, 0.15) is 0 Å². The number of fused-ring (bicyclic) bond motifs is 3. The van der Waals surface area contributed by atoms with Crippen molar-refractivity contribution in [3.63, 3.8) is 0 Å². The molecule has 21 heavy (non-hydrogen) atoms. The number of para-hydroxylation sites is 1. The predicted molar refractivity (Wildman–Crippen MR) is 86.4 cm³/mol. The fourth-order valence-corrected chi connectivity index (χ4v) is 5.58. The number of halogens is 1. The Morgan fingerprint density at radius 2 is 1.57 bits per heavy atom. The van der Waals surface area contributed by atoms with E-state index in [9.17, 15) is 9.59 Å². The van der Waals surface area contributed by atoms with Gasteiger partial charge in [-0.15, -0.1) is 0 Å². The molecule has 3 fully saturated rings.